The Morgan fingerprint density at radius 3 is 2.11 bits per heavy atom. The van der Waals surface area contributed by atoms with Crippen molar-refractivity contribution in [3.05, 3.63) is 54.7 Å². The zero-order valence-corrected chi connectivity index (χ0v) is 19.5. The highest BCUT2D eigenvalue weighted by Gasteiger charge is 2.12. The van der Waals surface area contributed by atoms with Gasteiger partial charge in [-0.25, -0.2) is 0 Å². The Balaban J connectivity index is 2.19. The summed E-state index contributed by atoms with van der Waals surface area (Å²) >= 11 is 4.34. The van der Waals surface area contributed by atoms with Crippen LogP contribution in [0.15, 0.2) is 42.0 Å². The SMILES string of the molecule is CCOc1c(I)cc(/C=C(/C#N)C(=O)Nc2ccc(NC(C)=O)cc2)cc1I. The van der Waals surface area contributed by atoms with E-state index in [0.717, 1.165) is 18.5 Å². The van der Waals surface area contributed by atoms with E-state index in [2.05, 4.69) is 55.8 Å². The van der Waals surface area contributed by atoms with Gasteiger partial charge in [0.1, 0.15) is 17.4 Å². The van der Waals surface area contributed by atoms with E-state index in [1.165, 1.54) is 6.92 Å². The van der Waals surface area contributed by atoms with E-state index >= 15 is 0 Å². The minimum Gasteiger partial charge on any atom is -0.492 e. The van der Waals surface area contributed by atoms with Gasteiger partial charge in [-0.15, -0.1) is 0 Å². The van der Waals surface area contributed by atoms with Gasteiger partial charge in [-0.1, -0.05) is 0 Å². The number of hydrogen-bond acceptors (Lipinski definition) is 4. The number of nitrogens with one attached hydrogen (secondary N) is 2. The third kappa shape index (κ3) is 6.20. The molecule has 0 aliphatic heterocycles. The molecule has 2 aromatic carbocycles. The van der Waals surface area contributed by atoms with Crippen molar-refractivity contribution < 1.29 is 14.3 Å². The number of carbonyl (C=O) groups excluding carboxylic acids is 2. The maximum absolute atomic E-state index is 12.4. The lowest BCUT2D eigenvalue weighted by Crippen LogP contribution is -2.13. The van der Waals surface area contributed by atoms with Crippen molar-refractivity contribution in [1.29, 1.82) is 5.26 Å². The predicted octanol–water partition coefficient (Wildman–Crippen LogP) is 4.80. The molecule has 2 N–H and O–H groups in total. The van der Waals surface area contributed by atoms with Crippen molar-refractivity contribution in [3.8, 4) is 11.8 Å². The van der Waals surface area contributed by atoms with Crippen molar-refractivity contribution in [2.75, 3.05) is 17.2 Å². The van der Waals surface area contributed by atoms with Crippen molar-refractivity contribution in [2.24, 2.45) is 0 Å². The van der Waals surface area contributed by atoms with Crippen LogP contribution in [0.4, 0.5) is 11.4 Å². The van der Waals surface area contributed by atoms with E-state index in [1.54, 1.807) is 30.3 Å². The Morgan fingerprint density at radius 2 is 1.64 bits per heavy atom. The molecule has 0 fully saturated rings. The lowest BCUT2D eigenvalue weighted by atomic mass is 10.1. The summed E-state index contributed by atoms with van der Waals surface area (Å²) in [6.07, 6.45) is 1.54. The van der Waals surface area contributed by atoms with Crippen LogP contribution in [0.5, 0.6) is 5.75 Å². The number of amides is 2. The van der Waals surface area contributed by atoms with Crippen LogP contribution in [0.2, 0.25) is 0 Å². The highest BCUT2D eigenvalue weighted by atomic mass is 127. The van der Waals surface area contributed by atoms with Crippen LogP contribution in [0.25, 0.3) is 6.08 Å². The summed E-state index contributed by atoms with van der Waals surface area (Å²) in [6.45, 7) is 3.90. The summed E-state index contributed by atoms with van der Waals surface area (Å²) < 4.78 is 7.42. The average Bonchev–Trinajstić information content (AvgIpc) is 2.64. The number of halogens is 2. The van der Waals surface area contributed by atoms with E-state index in [1.807, 2.05) is 25.1 Å². The molecular formula is C20H17I2N3O3. The first-order valence-corrected chi connectivity index (χ1v) is 10.4. The molecule has 2 rings (SSSR count). The second-order valence-electron chi connectivity index (χ2n) is 5.63. The summed E-state index contributed by atoms with van der Waals surface area (Å²) in [4.78, 5) is 23.5. The first-order valence-electron chi connectivity index (χ1n) is 8.26. The third-order valence-electron chi connectivity index (χ3n) is 3.45. The highest BCUT2D eigenvalue weighted by Crippen LogP contribution is 2.30. The van der Waals surface area contributed by atoms with Gasteiger partial charge in [0.15, 0.2) is 0 Å². The normalized spacial score (nSPS) is 10.8. The summed E-state index contributed by atoms with van der Waals surface area (Å²) in [7, 11) is 0. The lowest BCUT2D eigenvalue weighted by molar-refractivity contribution is -0.114. The van der Waals surface area contributed by atoms with E-state index in [4.69, 9.17) is 4.74 Å². The van der Waals surface area contributed by atoms with Gasteiger partial charge in [0.25, 0.3) is 5.91 Å². The Labute approximate surface area is 190 Å². The Bertz CT molecular complexity index is 941. The second-order valence-corrected chi connectivity index (χ2v) is 7.95. The number of nitriles is 1. The number of carbonyl (C=O) groups is 2. The van der Waals surface area contributed by atoms with Crippen molar-refractivity contribution in [1.82, 2.24) is 0 Å². The molecule has 0 atom stereocenters. The van der Waals surface area contributed by atoms with E-state index in [0.29, 0.717) is 18.0 Å². The third-order valence-corrected chi connectivity index (χ3v) is 5.05. The first kappa shape index (κ1) is 22.2. The molecule has 0 saturated carbocycles. The molecule has 0 radical (unpaired) electrons. The average molecular weight is 601 g/mol. The fraction of sp³-hybridized carbons (Fsp3) is 0.150. The van der Waals surface area contributed by atoms with Gasteiger partial charge in [-0.05, 0) is 100 Å². The molecule has 2 aromatic rings. The number of benzene rings is 2. The summed E-state index contributed by atoms with van der Waals surface area (Å²) in [5.41, 5.74) is 1.88. The second kappa shape index (κ2) is 10.4. The fourth-order valence-corrected chi connectivity index (χ4v) is 4.43. The van der Waals surface area contributed by atoms with Crippen LogP contribution in [-0.4, -0.2) is 18.4 Å². The number of nitrogens with zero attached hydrogens (tertiary/aromatic N) is 1. The van der Waals surface area contributed by atoms with Crippen LogP contribution in [0.3, 0.4) is 0 Å². The molecular weight excluding hydrogens is 584 g/mol. The Hall–Kier alpha value is -2.13. The number of hydrogen-bond donors (Lipinski definition) is 2. The number of ether oxygens (including phenoxy) is 1. The topological polar surface area (TPSA) is 91.2 Å². The molecule has 0 saturated heterocycles. The minimum absolute atomic E-state index is 0.0123. The van der Waals surface area contributed by atoms with Crippen molar-refractivity contribution >= 4 is 74.4 Å². The molecule has 8 heteroatoms. The van der Waals surface area contributed by atoms with Crippen LogP contribution in [0, 0.1) is 18.5 Å². The highest BCUT2D eigenvalue weighted by molar-refractivity contribution is 14.1. The van der Waals surface area contributed by atoms with E-state index < -0.39 is 5.91 Å². The van der Waals surface area contributed by atoms with Crippen molar-refractivity contribution in [2.45, 2.75) is 13.8 Å². The summed E-state index contributed by atoms with van der Waals surface area (Å²) in [6, 6.07) is 12.3. The van der Waals surface area contributed by atoms with Gasteiger partial charge < -0.3 is 15.4 Å². The van der Waals surface area contributed by atoms with Gasteiger partial charge in [0, 0.05) is 18.3 Å². The molecule has 2 amide bonds. The monoisotopic (exact) mass is 601 g/mol. The van der Waals surface area contributed by atoms with Gasteiger partial charge in [-0.2, -0.15) is 5.26 Å². The maximum Gasteiger partial charge on any atom is 0.266 e. The molecule has 0 bridgehead atoms. The quantitative estimate of drug-likeness (QED) is 0.283. The van der Waals surface area contributed by atoms with E-state index in [-0.39, 0.29) is 11.5 Å². The number of anilines is 2. The van der Waals surface area contributed by atoms with Crippen LogP contribution < -0.4 is 15.4 Å². The van der Waals surface area contributed by atoms with Crippen LogP contribution in [0.1, 0.15) is 19.4 Å². The van der Waals surface area contributed by atoms with Gasteiger partial charge in [0.05, 0.1) is 13.7 Å². The zero-order chi connectivity index (χ0) is 20.7. The summed E-state index contributed by atoms with van der Waals surface area (Å²) in [5, 5.41) is 14.7. The Morgan fingerprint density at radius 1 is 1.11 bits per heavy atom. The maximum atomic E-state index is 12.4. The van der Waals surface area contributed by atoms with E-state index in [9.17, 15) is 14.9 Å². The molecule has 28 heavy (non-hydrogen) atoms. The van der Waals surface area contributed by atoms with Gasteiger partial charge >= 0.3 is 0 Å². The standard InChI is InChI=1S/C20H17I2N3O3/c1-3-28-19-17(21)9-13(10-18(19)22)8-14(11-23)20(27)25-16-6-4-15(5-7-16)24-12(2)26/h4-10H,3H2,1-2H3,(H,24,26)(H,25,27)/b14-8-. The Kier molecular flexibility index (Phi) is 8.25. The van der Waals surface area contributed by atoms with Crippen LogP contribution >= 0.6 is 45.2 Å². The van der Waals surface area contributed by atoms with Gasteiger partial charge in [-0.3, -0.25) is 9.59 Å². The largest absolute Gasteiger partial charge is 0.492 e. The minimum atomic E-state index is -0.506. The smallest absolute Gasteiger partial charge is 0.266 e. The molecule has 0 aliphatic carbocycles. The van der Waals surface area contributed by atoms with Crippen LogP contribution in [-0.2, 0) is 9.59 Å². The molecule has 6 nitrogen and oxygen atoms in total. The fourth-order valence-electron chi connectivity index (χ4n) is 2.30. The van der Waals surface area contributed by atoms with Gasteiger partial charge in [0.2, 0.25) is 5.91 Å². The first-order chi connectivity index (χ1) is 13.3. The molecule has 0 aromatic heterocycles. The van der Waals surface area contributed by atoms with Crippen molar-refractivity contribution in [3.63, 3.8) is 0 Å². The molecule has 0 heterocycles. The predicted molar refractivity (Wildman–Crippen MR) is 126 cm³/mol. The number of rotatable bonds is 6. The zero-order valence-electron chi connectivity index (χ0n) is 15.2. The molecule has 0 aliphatic rings. The molecule has 0 spiro atoms. The summed E-state index contributed by atoms with van der Waals surface area (Å²) in [5.74, 6) is 0.114. The lowest BCUT2D eigenvalue weighted by Gasteiger charge is -2.10. The molecule has 0 unspecified atom stereocenters. The molecule has 144 valence electrons.